The van der Waals surface area contributed by atoms with Crippen LogP contribution in [0.5, 0.6) is 11.5 Å². The smallest absolute Gasteiger partial charge is 0.180 e. The number of thiazole rings is 1. The Hall–Kier alpha value is -2.53. The molecule has 3 rings (SSSR count). The number of nitrogens with two attached hydrogens (primary N) is 1. The van der Waals surface area contributed by atoms with Gasteiger partial charge in [0.15, 0.2) is 5.13 Å². The molecule has 4 N–H and O–H groups in total. The van der Waals surface area contributed by atoms with Gasteiger partial charge in [0.25, 0.3) is 0 Å². The first kappa shape index (κ1) is 14.4. The van der Waals surface area contributed by atoms with Crippen molar-refractivity contribution in [3.05, 3.63) is 70.7 Å². The molecule has 0 aliphatic rings. The number of phenolic OH excluding ortho intramolecular Hbond substituents is 2. The van der Waals surface area contributed by atoms with Gasteiger partial charge in [-0.2, -0.15) is 0 Å². The van der Waals surface area contributed by atoms with Crippen molar-refractivity contribution in [1.82, 2.24) is 4.98 Å². The van der Waals surface area contributed by atoms with Crippen LogP contribution in [0.1, 0.15) is 22.7 Å². The third-order valence-corrected chi connectivity index (χ3v) is 4.23. The fourth-order valence-electron chi connectivity index (χ4n) is 2.48. The highest BCUT2D eigenvalue weighted by atomic mass is 32.1. The van der Waals surface area contributed by atoms with E-state index in [1.54, 1.807) is 24.3 Å². The first-order chi connectivity index (χ1) is 10.6. The number of hydrogen-bond donors (Lipinski definition) is 3. The Balaban J connectivity index is 1.97. The molecule has 0 aliphatic carbocycles. The predicted octanol–water partition coefficient (Wildman–Crippen LogP) is 3.51. The summed E-state index contributed by atoms with van der Waals surface area (Å²) in [5, 5.41) is 21.6. The van der Waals surface area contributed by atoms with Crippen LogP contribution < -0.4 is 5.73 Å². The summed E-state index contributed by atoms with van der Waals surface area (Å²) < 4.78 is 0. The van der Waals surface area contributed by atoms with Gasteiger partial charge in [0.05, 0.1) is 5.69 Å². The lowest BCUT2D eigenvalue weighted by Gasteiger charge is -2.16. The molecule has 4 nitrogen and oxygen atoms in total. The van der Waals surface area contributed by atoms with Gasteiger partial charge in [-0.25, -0.2) is 4.98 Å². The number of phenols is 2. The maximum atomic E-state index is 9.64. The predicted molar refractivity (Wildman–Crippen MR) is 88.3 cm³/mol. The summed E-state index contributed by atoms with van der Waals surface area (Å²) in [4.78, 5) is 4.40. The van der Waals surface area contributed by atoms with Gasteiger partial charge in [-0.1, -0.05) is 24.3 Å². The highest BCUT2D eigenvalue weighted by Gasteiger charge is 2.18. The van der Waals surface area contributed by atoms with E-state index in [2.05, 4.69) is 4.98 Å². The molecule has 5 heteroatoms. The number of aromatic hydroxyl groups is 2. The molecular formula is C17H16N2O2S. The SMILES string of the molecule is Nc1nc(C(Cc2cccc(O)c2)c2ccc(O)cc2)cs1. The van der Waals surface area contributed by atoms with Crippen LogP contribution >= 0.6 is 11.3 Å². The monoisotopic (exact) mass is 312 g/mol. The van der Waals surface area contributed by atoms with E-state index in [0.29, 0.717) is 11.6 Å². The van der Waals surface area contributed by atoms with E-state index in [1.807, 2.05) is 29.6 Å². The van der Waals surface area contributed by atoms with Gasteiger partial charge >= 0.3 is 0 Å². The number of anilines is 1. The molecule has 2 aromatic carbocycles. The molecule has 22 heavy (non-hydrogen) atoms. The zero-order valence-corrected chi connectivity index (χ0v) is 12.6. The van der Waals surface area contributed by atoms with Crippen molar-refractivity contribution in [2.45, 2.75) is 12.3 Å². The minimum Gasteiger partial charge on any atom is -0.508 e. The second-order valence-corrected chi connectivity index (χ2v) is 6.02. The van der Waals surface area contributed by atoms with Crippen LogP contribution in [0.15, 0.2) is 53.9 Å². The Morgan fingerprint density at radius 1 is 1.05 bits per heavy atom. The van der Waals surface area contributed by atoms with Crippen molar-refractivity contribution in [2.75, 3.05) is 5.73 Å². The number of hydrogen-bond acceptors (Lipinski definition) is 5. The molecule has 1 aromatic heterocycles. The Labute approximate surface area is 132 Å². The second kappa shape index (κ2) is 6.07. The molecule has 0 aliphatic heterocycles. The van der Waals surface area contributed by atoms with Crippen molar-refractivity contribution in [1.29, 1.82) is 0 Å². The number of benzene rings is 2. The molecular weight excluding hydrogens is 296 g/mol. The normalized spacial score (nSPS) is 12.2. The molecule has 3 aromatic rings. The first-order valence-electron chi connectivity index (χ1n) is 6.89. The van der Waals surface area contributed by atoms with Gasteiger partial charge in [-0.05, 0) is 41.8 Å². The first-order valence-corrected chi connectivity index (χ1v) is 7.77. The standard InChI is InChI=1S/C17H16N2O2S/c18-17-19-16(10-22-17)15(12-4-6-13(20)7-5-12)9-11-2-1-3-14(21)8-11/h1-8,10,15,20-21H,9H2,(H2,18,19). The molecule has 0 saturated carbocycles. The molecule has 0 fully saturated rings. The molecule has 0 bridgehead atoms. The van der Waals surface area contributed by atoms with Crippen LogP contribution in [0, 0.1) is 0 Å². The minimum atomic E-state index is 0.0240. The van der Waals surface area contributed by atoms with E-state index in [1.165, 1.54) is 11.3 Å². The summed E-state index contributed by atoms with van der Waals surface area (Å²) in [5.74, 6) is 0.508. The lowest BCUT2D eigenvalue weighted by Crippen LogP contribution is -2.06. The van der Waals surface area contributed by atoms with E-state index in [9.17, 15) is 10.2 Å². The Morgan fingerprint density at radius 2 is 1.82 bits per heavy atom. The van der Waals surface area contributed by atoms with Crippen molar-refractivity contribution in [3.63, 3.8) is 0 Å². The molecule has 0 spiro atoms. The summed E-state index contributed by atoms with van der Waals surface area (Å²) in [6.07, 6.45) is 0.697. The zero-order valence-electron chi connectivity index (χ0n) is 11.8. The molecule has 1 atom stereocenters. The topological polar surface area (TPSA) is 79.4 Å². The molecule has 1 unspecified atom stereocenters. The van der Waals surface area contributed by atoms with Crippen molar-refractivity contribution in [3.8, 4) is 11.5 Å². The van der Waals surface area contributed by atoms with Crippen LogP contribution in [0.4, 0.5) is 5.13 Å². The quantitative estimate of drug-likeness (QED) is 0.689. The molecule has 0 saturated heterocycles. The summed E-state index contributed by atoms with van der Waals surface area (Å²) in [5.41, 5.74) is 8.73. The van der Waals surface area contributed by atoms with Crippen molar-refractivity contribution in [2.24, 2.45) is 0 Å². The van der Waals surface area contributed by atoms with Gasteiger partial charge in [0, 0.05) is 11.3 Å². The van der Waals surface area contributed by atoms with E-state index in [4.69, 9.17) is 5.73 Å². The van der Waals surface area contributed by atoms with E-state index >= 15 is 0 Å². The van der Waals surface area contributed by atoms with Crippen LogP contribution in [0.2, 0.25) is 0 Å². The van der Waals surface area contributed by atoms with Gasteiger partial charge in [-0.15, -0.1) is 11.3 Å². The highest BCUT2D eigenvalue weighted by molar-refractivity contribution is 7.13. The number of nitrogens with zero attached hydrogens (tertiary/aromatic N) is 1. The summed E-state index contributed by atoms with van der Waals surface area (Å²) in [6.45, 7) is 0. The lowest BCUT2D eigenvalue weighted by molar-refractivity contribution is 0.474. The molecule has 0 amide bonds. The Bertz CT molecular complexity index is 768. The number of aromatic nitrogens is 1. The Kier molecular flexibility index (Phi) is 3.98. The Morgan fingerprint density at radius 3 is 2.45 bits per heavy atom. The summed E-state index contributed by atoms with van der Waals surface area (Å²) in [6, 6.07) is 14.3. The average Bonchev–Trinajstić information content (AvgIpc) is 2.92. The van der Waals surface area contributed by atoms with Crippen molar-refractivity contribution >= 4 is 16.5 Å². The zero-order chi connectivity index (χ0) is 15.5. The average molecular weight is 312 g/mol. The van der Waals surface area contributed by atoms with Crippen molar-refractivity contribution < 1.29 is 10.2 Å². The summed E-state index contributed by atoms with van der Waals surface area (Å²) >= 11 is 1.41. The van der Waals surface area contributed by atoms with E-state index in [-0.39, 0.29) is 17.4 Å². The summed E-state index contributed by atoms with van der Waals surface area (Å²) in [7, 11) is 0. The highest BCUT2D eigenvalue weighted by Crippen LogP contribution is 2.31. The fourth-order valence-corrected chi connectivity index (χ4v) is 3.10. The van der Waals surface area contributed by atoms with E-state index < -0.39 is 0 Å². The minimum absolute atomic E-state index is 0.0240. The van der Waals surface area contributed by atoms with Crippen LogP contribution in [0.3, 0.4) is 0 Å². The van der Waals surface area contributed by atoms with Gasteiger partial charge in [-0.3, -0.25) is 0 Å². The molecule has 112 valence electrons. The van der Waals surface area contributed by atoms with Gasteiger partial charge in [0.1, 0.15) is 11.5 Å². The van der Waals surface area contributed by atoms with Gasteiger partial charge in [0.2, 0.25) is 0 Å². The van der Waals surface area contributed by atoms with Gasteiger partial charge < -0.3 is 15.9 Å². The number of nitrogen functional groups attached to an aromatic ring is 1. The molecule has 1 heterocycles. The second-order valence-electron chi connectivity index (χ2n) is 5.13. The van der Waals surface area contributed by atoms with Crippen LogP contribution in [0.25, 0.3) is 0 Å². The maximum absolute atomic E-state index is 9.64. The maximum Gasteiger partial charge on any atom is 0.180 e. The number of rotatable bonds is 4. The lowest BCUT2D eigenvalue weighted by atomic mass is 9.89. The van der Waals surface area contributed by atoms with Crippen LogP contribution in [-0.2, 0) is 6.42 Å². The third kappa shape index (κ3) is 3.20. The third-order valence-electron chi connectivity index (χ3n) is 3.54. The molecule has 0 radical (unpaired) electrons. The largest absolute Gasteiger partial charge is 0.508 e. The fraction of sp³-hybridized carbons (Fsp3) is 0.118. The van der Waals surface area contributed by atoms with Crippen LogP contribution in [-0.4, -0.2) is 15.2 Å². The van der Waals surface area contributed by atoms with E-state index in [0.717, 1.165) is 16.8 Å².